The zero-order chi connectivity index (χ0) is 19.8. The molecule has 1 aromatic carbocycles. The van der Waals surface area contributed by atoms with Gasteiger partial charge in [0.15, 0.2) is 0 Å². The molecule has 1 saturated heterocycles. The molecule has 0 bridgehead atoms. The number of anilines is 1. The Bertz CT molecular complexity index is 914. The molecule has 1 aromatic rings. The highest BCUT2D eigenvalue weighted by molar-refractivity contribution is 8.18. The van der Waals surface area contributed by atoms with Crippen molar-refractivity contribution in [2.75, 3.05) is 18.5 Å². The predicted octanol–water partition coefficient (Wildman–Crippen LogP) is 3.52. The maximum atomic E-state index is 12.1. The van der Waals surface area contributed by atoms with Gasteiger partial charge in [-0.05, 0) is 35.5 Å². The number of imide groups is 1. The van der Waals surface area contributed by atoms with Crippen molar-refractivity contribution in [3.05, 3.63) is 64.7 Å². The van der Waals surface area contributed by atoms with Crippen LogP contribution in [0.2, 0.25) is 0 Å². The van der Waals surface area contributed by atoms with Gasteiger partial charge in [0.05, 0.1) is 4.91 Å². The number of para-hydroxylation sites is 1. The Morgan fingerprint density at radius 1 is 1.19 bits per heavy atom. The summed E-state index contributed by atoms with van der Waals surface area (Å²) < 4.78 is 0. The minimum Gasteiger partial charge on any atom is -0.480 e. The summed E-state index contributed by atoms with van der Waals surface area (Å²) in [6, 6.07) is 8.24. The molecule has 0 saturated carbocycles. The number of carboxylic acids is 1. The number of aliphatic carboxylic acids is 1. The lowest BCUT2D eigenvalue weighted by Crippen LogP contribution is -2.33. The van der Waals surface area contributed by atoms with Crippen LogP contribution in [0.4, 0.5) is 10.5 Å². The van der Waals surface area contributed by atoms with Gasteiger partial charge in [-0.2, -0.15) is 0 Å². The highest BCUT2D eigenvalue weighted by Crippen LogP contribution is 2.46. The van der Waals surface area contributed by atoms with E-state index in [1.807, 2.05) is 31.3 Å². The van der Waals surface area contributed by atoms with Crippen LogP contribution in [0.25, 0.3) is 0 Å². The Morgan fingerprint density at radius 2 is 1.85 bits per heavy atom. The van der Waals surface area contributed by atoms with Gasteiger partial charge in [0, 0.05) is 23.8 Å². The van der Waals surface area contributed by atoms with Gasteiger partial charge < -0.3 is 10.0 Å². The molecular formula is C20H20N2O4S. The first-order valence-electron chi connectivity index (χ1n) is 8.41. The smallest absolute Gasteiger partial charge is 0.323 e. The molecule has 0 unspecified atom stereocenters. The number of rotatable bonds is 4. The van der Waals surface area contributed by atoms with Crippen molar-refractivity contribution in [2.24, 2.45) is 0 Å². The van der Waals surface area contributed by atoms with Crippen molar-refractivity contribution in [3.8, 4) is 0 Å². The molecule has 1 N–H and O–H groups in total. The van der Waals surface area contributed by atoms with Crippen molar-refractivity contribution < 1.29 is 19.5 Å². The third-order valence-corrected chi connectivity index (χ3v) is 5.65. The highest BCUT2D eigenvalue weighted by Gasteiger charge is 2.38. The van der Waals surface area contributed by atoms with Crippen LogP contribution < -0.4 is 4.90 Å². The standard InChI is InChI=1S/C20H20N2O4S/c1-20(2)13-8-4-5-9-14(13)21(3)16(20)11-7-6-10-15-18(25)22(12-17(23)24)19(26)27-15/h4-11H,12H2,1-3H3,(H,23,24)/b7-6+,15-10-,16-11-. The van der Waals surface area contributed by atoms with E-state index in [9.17, 15) is 14.4 Å². The SMILES string of the molecule is CN1\C(=C/C=C/C=C2\SC(=O)N(CC(=O)O)C2=O)C(C)(C)c2ccccc21. The van der Waals surface area contributed by atoms with Crippen LogP contribution in [-0.2, 0) is 15.0 Å². The second-order valence-electron chi connectivity index (χ2n) is 6.82. The Morgan fingerprint density at radius 3 is 2.52 bits per heavy atom. The molecule has 2 amide bonds. The first-order chi connectivity index (χ1) is 12.7. The number of nitrogens with zero attached hydrogens (tertiary/aromatic N) is 2. The monoisotopic (exact) mass is 384 g/mol. The zero-order valence-electron chi connectivity index (χ0n) is 15.3. The van der Waals surface area contributed by atoms with Crippen molar-refractivity contribution >= 4 is 34.6 Å². The van der Waals surface area contributed by atoms with Gasteiger partial charge in [0.25, 0.3) is 11.1 Å². The normalized spacial score (nSPS) is 21.7. The molecule has 2 heterocycles. The van der Waals surface area contributed by atoms with Crippen LogP contribution in [-0.4, -0.2) is 40.7 Å². The topological polar surface area (TPSA) is 77.9 Å². The number of fused-ring (bicyclic) bond motifs is 1. The molecule has 0 atom stereocenters. The average Bonchev–Trinajstić information content (AvgIpc) is 2.98. The highest BCUT2D eigenvalue weighted by atomic mass is 32.2. The molecule has 0 aliphatic carbocycles. The van der Waals surface area contributed by atoms with E-state index in [4.69, 9.17) is 5.11 Å². The van der Waals surface area contributed by atoms with Gasteiger partial charge >= 0.3 is 5.97 Å². The number of hydrogen-bond donors (Lipinski definition) is 1. The summed E-state index contributed by atoms with van der Waals surface area (Å²) in [5, 5.41) is 8.22. The van der Waals surface area contributed by atoms with Gasteiger partial charge in [0.2, 0.25) is 0 Å². The molecule has 1 fully saturated rings. The van der Waals surface area contributed by atoms with E-state index >= 15 is 0 Å². The fourth-order valence-electron chi connectivity index (χ4n) is 3.38. The number of likely N-dealkylation sites (N-methyl/N-ethyl adjacent to an activating group) is 1. The van der Waals surface area contributed by atoms with E-state index in [0.717, 1.165) is 28.0 Å². The van der Waals surface area contributed by atoms with Crippen molar-refractivity contribution in [1.29, 1.82) is 0 Å². The van der Waals surface area contributed by atoms with E-state index in [1.165, 1.54) is 5.56 Å². The van der Waals surface area contributed by atoms with E-state index in [1.54, 1.807) is 12.2 Å². The van der Waals surface area contributed by atoms with E-state index < -0.39 is 23.7 Å². The Balaban J connectivity index is 1.78. The largest absolute Gasteiger partial charge is 0.480 e. The molecule has 6 nitrogen and oxygen atoms in total. The van der Waals surface area contributed by atoms with Gasteiger partial charge in [-0.3, -0.25) is 19.3 Å². The quantitative estimate of drug-likeness (QED) is 0.801. The van der Waals surface area contributed by atoms with Crippen LogP contribution >= 0.6 is 11.8 Å². The lowest BCUT2D eigenvalue weighted by Gasteiger charge is -2.23. The third kappa shape index (κ3) is 3.42. The molecule has 3 rings (SSSR count). The van der Waals surface area contributed by atoms with Crippen LogP contribution in [0.3, 0.4) is 0 Å². The van der Waals surface area contributed by atoms with Gasteiger partial charge in [-0.15, -0.1) is 0 Å². The van der Waals surface area contributed by atoms with Crippen molar-refractivity contribution in [1.82, 2.24) is 4.90 Å². The summed E-state index contributed by atoms with van der Waals surface area (Å²) in [6.45, 7) is 3.70. The lowest BCUT2D eigenvalue weighted by molar-refractivity contribution is -0.140. The molecule has 0 aromatic heterocycles. The summed E-state index contributed by atoms with van der Waals surface area (Å²) in [7, 11) is 2.02. The number of carbonyl (C=O) groups excluding carboxylic acids is 2. The Kier molecular flexibility index (Phi) is 4.97. The average molecular weight is 384 g/mol. The van der Waals surface area contributed by atoms with E-state index in [2.05, 4.69) is 30.9 Å². The second-order valence-corrected chi connectivity index (χ2v) is 7.82. The predicted molar refractivity (Wildman–Crippen MR) is 106 cm³/mol. The molecule has 27 heavy (non-hydrogen) atoms. The van der Waals surface area contributed by atoms with E-state index in [-0.39, 0.29) is 10.3 Å². The third-order valence-electron chi connectivity index (χ3n) is 4.72. The van der Waals surface area contributed by atoms with Gasteiger partial charge in [0.1, 0.15) is 6.54 Å². The summed E-state index contributed by atoms with van der Waals surface area (Å²) in [5.74, 6) is -1.79. The lowest BCUT2D eigenvalue weighted by atomic mass is 9.84. The minimum absolute atomic E-state index is 0.144. The fourth-order valence-corrected chi connectivity index (χ4v) is 4.17. The molecule has 2 aliphatic heterocycles. The number of benzene rings is 1. The fraction of sp³-hybridized carbons (Fsp3) is 0.250. The van der Waals surface area contributed by atoms with Crippen LogP contribution in [0, 0.1) is 0 Å². The van der Waals surface area contributed by atoms with Crippen molar-refractivity contribution in [2.45, 2.75) is 19.3 Å². The van der Waals surface area contributed by atoms with Crippen LogP contribution in [0.5, 0.6) is 0 Å². The number of amides is 2. The summed E-state index contributed by atoms with van der Waals surface area (Å²) in [4.78, 5) is 37.7. The number of carboxylic acid groups (broad SMARTS) is 1. The molecule has 7 heteroatoms. The van der Waals surface area contributed by atoms with E-state index in [0.29, 0.717) is 0 Å². The van der Waals surface area contributed by atoms with Crippen LogP contribution in [0.1, 0.15) is 19.4 Å². The summed E-state index contributed by atoms with van der Waals surface area (Å²) in [6.07, 6.45) is 7.04. The number of thioether (sulfide) groups is 1. The zero-order valence-corrected chi connectivity index (χ0v) is 16.1. The molecule has 0 spiro atoms. The number of hydrogen-bond acceptors (Lipinski definition) is 5. The van der Waals surface area contributed by atoms with Gasteiger partial charge in [-0.1, -0.05) is 44.2 Å². The summed E-state index contributed by atoms with van der Waals surface area (Å²) in [5.41, 5.74) is 3.39. The van der Waals surface area contributed by atoms with Gasteiger partial charge in [-0.25, -0.2) is 0 Å². The second kappa shape index (κ2) is 7.08. The first kappa shape index (κ1) is 19.0. The van der Waals surface area contributed by atoms with Crippen LogP contribution in [0.15, 0.2) is 59.2 Å². The molecule has 2 aliphatic rings. The molecular weight excluding hydrogens is 364 g/mol. The maximum Gasteiger partial charge on any atom is 0.323 e. The molecule has 0 radical (unpaired) electrons. The minimum atomic E-state index is -1.22. The number of allylic oxidation sites excluding steroid dienone is 5. The Labute approximate surface area is 161 Å². The summed E-state index contributed by atoms with van der Waals surface area (Å²) >= 11 is 0.749. The molecule has 140 valence electrons. The Hall–Kier alpha value is -2.80. The maximum absolute atomic E-state index is 12.1. The first-order valence-corrected chi connectivity index (χ1v) is 9.23. The van der Waals surface area contributed by atoms with Crippen molar-refractivity contribution in [3.63, 3.8) is 0 Å². The number of carbonyl (C=O) groups is 3.